The monoisotopic (exact) mass is 274 g/mol. The van der Waals surface area contributed by atoms with E-state index in [1.54, 1.807) is 0 Å². The average Bonchev–Trinajstić information content (AvgIpc) is 3.08. The quantitative estimate of drug-likeness (QED) is 0.888. The van der Waals surface area contributed by atoms with Crippen molar-refractivity contribution in [1.29, 1.82) is 0 Å². The van der Waals surface area contributed by atoms with Gasteiger partial charge in [-0.3, -0.25) is 4.79 Å². The highest BCUT2D eigenvalue weighted by molar-refractivity contribution is 5.70. The van der Waals surface area contributed by atoms with E-state index in [0.29, 0.717) is 31.0 Å². The van der Waals surface area contributed by atoms with Crippen molar-refractivity contribution in [2.45, 2.75) is 56.7 Å². The predicted molar refractivity (Wildman–Crippen MR) is 70.4 cm³/mol. The van der Waals surface area contributed by atoms with Crippen LogP contribution >= 0.6 is 0 Å². The molecule has 3 heterocycles. The Hall–Kier alpha value is -1.49. The number of aromatic nitrogens is 2. The summed E-state index contributed by atoms with van der Waals surface area (Å²) in [5.74, 6) is 0.268. The number of carboxylic acids is 1. The van der Waals surface area contributed by atoms with Crippen LogP contribution in [-0.4, -0.2) is 33.3 Å². The van der Waals surface area contributed by atoms with Gasteiger partial charge < -0.3 is 9.84 Å². The number of aliphatic carboxylic acids is 1. The molecule has 0 spiro atoms. The number of hydrogen-bond acceptors (Lipinski definition) is 4. The molecule has 106 valence electrons. The Balaban J connectivity index is 1.58. The highest BCUT2D eigenvalue weighted by Crippen LogP contribution is 2.43. The fraction of sp³-hybridized carbons (Fsp3) is 0.667. The Kier molecular flexibility index (Phi) is 2.77. The van der Waals surface area contributed by atoms with E-state index in [9.17, 15) is 4.79 Å². The van der Waals surface area contributed by atoms with E-state index < -0.39 is 5.97 Å². The Morgan fingerprint density at radius 1 is 1.35 bits per heavy atom. The van der Waals surface area contributed by atoms with Crippen molar-refractivity contribution in [2.24, 2.45) is 5.92 Å². The van der Waals surface area contributed by atoms with Crippen LogP contribution in [0.2, 0.25) is 0 Å². The van der Waals surface area contributed by atoms with Crippen molar-refractivity contribution in [2.75, 3.05) is 0 Å². The fourth-order valence-electron chi connectivity index (χ4n) is 3.82. The minimum Gasteiger partial charge on any atom is -0.481 e. The van der Waals surface area contributed by atoms with Crippen molar-refractivity contribution in [3.05, 3.63) is 23.3 Å². The summed E-state index contributed by atoms with van der Waals surface area (Å²) in [7, 11) is 0. The summed E-state index contributed by atoms with van der Waals surface area (Å²) in [6, 6.07) is 0. The highest BCUT2D eigenvalue weighted by Gasteiger charge is 2.43. The first-order valence-electron chi connectivity index (χ1n) is 7.43. The van der Waals surface area contributed by atoms with Gasteiger partial charge >= 0.3 is 5.97 Å². The van der Waals surface area contributed by atoms with Gasteiger partial charge in [-0.1, -0.05) is 0 Å². The van der Waals surface area contributed by atoms with Crippen LogP contribution in [0.25, 0.3) is 0 Å². The Labute approximate surface area is 117 Å². The number of hydrogen-bond donors (Lipinski definition) is 1. The molecule has 5 nitrogen and oxygen atoms in total. The van der Waals surface area contributed by atoms with Gasteiger partial charge in [0.1, 0.15) is 5.82 Å². The summed E-state index contributed by atoms with van der Waals surface area (Å²) in [5, 5.41) is 9.11. The molecule has 5 heteroatoms. The molecule has 1 aliphatic carbocycles. The molecule has 1 aromatic rings. The molecule has 4 unspecified atom stereocenters. The molecule has 1 aromatic heterocycles. The third-order valence-corrected chi connectivity index (χ3v) is 4.96. The van der Waals surface area contributed by atoms with Crippen molar-refractivity contribution in [3.63, 3.8) is 0 Å². The van der Waals surface area contributed by atoms with Crippen LogP contribution in [0.5, 0.6) is 0 Å². The Bertz CT molecular complexity index is 560. The zero-order valence-corrected chi connectivity index (χ0v) is 11.3. The first-order chi connectivity index (χ1) is 9.70. The van der Waals surface area contributed by atoms with Crippen LogP contribution in [0.1, 0.15) is 48.7 Å². The first kappa shape index (κ1) is 12.3. The van der Waals surface area contributed by atoms with Crippen molar-refractivity contribution >= 4 is 5.97 Å². The molecule has 0 saturated carbocycles. The molecule has 3 aliphatic rings. The predicted octanol–water partition coefficient (Wildman–Crippen LogP) is 1.70. The molecule has 2 bridgehead atoms. The standard InChI is InChI=1S/C15H18N2O3/c18-15(19)8-1-3-12-9(5-8)7-16-14(17-12)11-6-10-2-4-13(11)20-10/h7-8,10-11,13H,1-6H2,(H,18,19). The SMILES string of the molecule is O=C(O)C1CCc2nc(C3CC4CCC3O4)ncc2C1. The van der Waals surface area contributed by atoms with Crippen LogP contribution in [0.4, 0.5) is 0 Å². The molecule has 2 aliphatic heterocycles. The van der Waals surface area contributed by atoms with Gasteiger partial charge in [-0.2, -0.15) is 0 Å². The lowest BCUT2D eigenvalue weighted by Crippen LogP contribution is -2.25. The van der Waals surface area contributed by atoms with Gasteiger partial charge in [0.2, 0.25) is 0 Å². The second-order valence-electron chi connectivity index (χ2n) is 6.19. The third-order valence-electron chi connectivity index (χ3n) is 4.96. The van der Waals surface area contributed by atoms with Crippen LogP contribution < -0.4 is 0 Å². The highest BCUT2D eigenvalue weighted by atomic mass is 16.5. The van der Waals surface area contributed by atoms with Crippen LogP contribution in [0, 0.1) is 5.92 Å². The normalized spacial score (nSPS) is 35.0. The Morgan fingerprint density at radius 3 is 2.95 bits per heavy atom. The number of nitrogens with zero attached hydrogens (tertiary/aromatic N) is 2. The minimum atomic E-state index is -0.707. The van der Waals surface area contributed by atoms with E-state index in [2.05, 4.69) is 4.98 Å². The average molecular weight is 274 g/mol. The van der Waals surface area contributed by atoms with Gasteiger partial charge in [-0.25, -0.2) is 9.97 Å². The summed E-state index contributed by atoms with van der Waals surface area (Å²) in [6.07, 6.45) is 7.89. The zero-order chi connectivity index (χ0) is 13.7. The van der Waals surface area contributed by atoms with Gasteiger partial charge in [0.15, 0.2) is 0 Å². The summed E-state index contributed by atoms with van der Waals surface area (Å²) in [5.41, 5.74) is 2.06. The zero-order valence-electron chi connectivity index (χ0n) is 11.3. The molecular weight excluding hydrogens is 256 g/mol. The van der Waals surface area contributed by atoms with Gasteiger partial charge in [0.05, 0.1) is 18.1 Å². The maximum absolute atomic E-state index is 11.1. The summed E-state index contributed by atoms with van der Waals surface area (Å²) >= 11 is 0. The van der Waals surface area contributed by atoms with Crippen LogP contribution in [0.15, 0.2) is 6.20 Å². The van der Waals surface area contributed by atoms with Gasteiger partial charge in [0, 0.05) is 17.8 Å². The second kappa shape index (κ2) is 4.52. The number of fused-ring (bicyclic) bond motifs is 3. The van der Waals surface area contributed by atoms with E-state index >= 15 is 0 Å². The van der Waals surface area contributed by atoms with Crippen molar-refractivity contribution in [1.82, 2.24) is 9.97 Å². The van der Waals surface area contributed by atoms with E-state index in [1.807, 2.05) is 6.20 Å². The maximum Gasteiger partial charge on any atom is 0.306 e. The van der Waals surface area contributed by atoms with Crippen LogP contribution in [0.3, 0.4) is 0 Å². The molecule has 20 heavy (non-hydrogen) atoms. The van der Waals surface area contributed by atoms with Gasteiger partial charge in [-0.05, 0) is 44.1 Å². The molecule has 2 saturated heterocycles. The molecule has 0 amide bonds. The van der Waals surface area contributed by atoms with E-state index in [0.717, 1.165) is 36.3 Å². The fourth-order valence-corrected chi connectivity index (χ4v) is 3.82. The largest absolute Gasteiger partial charge is 0.481 e. The molecule has 0 aromatic carbocycles. The van der Waals surface area contributed by atoms with E-state index in [1.165, 1.54) is 6.42 Å². The molecule has 2 fully saturated rings. The lowest BCUT2D eigenvalue weighted by atomic mass is 9.86. The van der Waals surface area contributed by atoms with Crippen molar-refractivity contribution in [3.8, 4) is 0 Å². The second-order valence-corrected chi connectivity index (χ2v) is 6.19. The molecule has 1 N–H and O–H groups in total. The maximum atomic E-state index is 11.1. The molecule has 4 rings (SSSR count). The first-order valence-corrected chi connectivity index (χ1v) is 7.43. The Morgan fingerprint density at radius 2 is 2.25 bits per heavy atom. The molecule has 0 radical (unpaired) electrons. The van der Waals surface area contributed by atoms with Gasteiger partial charge in [0.25, 0.3) is 0 Å². The number of aryl methyl sites for hydroxylation is 1. The van der Waals surface area contributed by atoms with E-state index in [-0.39, 0.29) is 5.92 Å². The number of ether oxygens (including phenoxy) is 1. The molecule has 4 atom stereocenters. The lowest BCUT2D eigenvalue weighted by Gasteiger charge is -2.23. The topological polar surface area (TPSA) is 72.3 Å². The number of carbonyl (C=O) groups is 1. The smallest absolute Gasteiger partial charge is 0.306 e. The number of carboxylic acid groups (broad SMARTS) is 1. The lowest BCUT2D eigenvalue weighted by molar-refractivity contribution is -0.142. The summed E-state index contributed by atoms with van der Waals surface area (Å²) in [6.45, 7) is 0. The number of rotatable bonds is 2. The van der Waals surface area contributed by atoms with E-state index in [4.69, 9.17) is 14.8 Å². The van der Waals surface area contributed by atoms with Crippen LogP contribution in [-0.2, 0) is 22.4 Å². The molecular formula is C15H18N2O3. The summed E-state index contributed by atoms with van der Waals surface area (Å²) in [4.78, 5) is 20.3. The third kappa shape index (κ3) is 1.92. The summed E-state index contributed by atoms with van der Waals surface area (Å²) < 4.78 is 5.87. The van der Waals surface area contributed by atoms with Gasteiger partial charge in [-0.15, -0.1) is 0 Å². The van der Waals surface area contributed by atoms with Crippen molar-refractivity contribution < 1.29 is 14.6 Å². The minimum absolute atomic E-state index is 0.275.